The summed E-state index contributed by atoms with van der Waals surface area (Å²) in [6, 6.07) is 3.34. The number of benzene rings is 1. The molecule has 1 rings (SSSR count). The van der Waals surface area contributed by atoms with Gasteiger partial charge in [0.15, 0.2) is 0 Å². The lowest BCUT2D eigenvalue weighted by atomic mass is 10.0. The number of esters is 1. The maximum Gasteiger partial charge on any atom is 0.339 e. The van der Waals surface area contributed by atoms with Gasteiger partial charge in [-0.2, -0.15) is 0 Å². The Morgan fingerprint density at radius 2 is 1.78 bits per heavy atom. The molecule has 0 amide bonds. The van der Waals surface area contributed by atoms with Gasteiger partial charge in [-0.15, -0.1) is 0 Å². The van der Waals surface area contributed by atoms with Crippen molar-refractivity contribution in [2.45, 2.75) is 39.5 Å². The van der Waals surface area contributed by atoms with Crippen molar-refractivity contribution >= 4 is 17.9 Å². The standard InChI is InChI=1S/C17H22O6/c1-3-5-6-11(4-2)10-23-17(22)13-8-7-12(15(18)19)9-14(13)16(20)21/h7-9,11H,3-6,10H2,1-2H3,(H,18,19)(H,20,21). The van der Waals surface area contributed by atoms with Crippen molar-refractivity contribution in [1.82, 2.24) is 0 Å². The van der Waals surface area contributed by atoms with E-state index in [-0.39, 0.29) is 29.2 Å². The minimum absolute atomic E-state index is 0.132. The smallest absolute Gasteiger partial charge is 0.339 e. The fraction of sp³-hybridized carbons (Fsp3) is 0.471. The predicted octanol–water partition coefficient (Wildman–Crippen LogP) is 3.46. The summed E-state index contributed by atoms with van der Waals surface area (Å²) in [6.45, 7) is 4.33. The Morgan fingerprint density at radius 3 is 2.30 bits per heavy atom. The summed E-state index contributed by atoms with van der Waals surface area (Å²) >= 11 is 0. The first kappa shape index (κ1) is 18.7. The van der Waals surface area contributed by atoms with Gasteiger partial charge in [0.05, 0.1) is 23.3 Å². The van der Waals surface area contributed by atoms with Crippen LogP contribution in [0.2, 0.25) is 0 Å². The van der Waals surface area contributed by atoms with E-state index in [1.54, 1.807) is 0 Å². The maximum atomic E-state index is 12.1. The number of rotatable bonds is 9. The van der Waals surface area contributed by atoms with Crippen molar-refractivity contribution < 1.29 is 29.3 Å². The van der Waals surface area contributed by atoms with E-state index in [4.69, 9.17) is 14.9 Å². The normalized spacial score (nSPS) is 11.7. The molecule has 0 aromatic heterocycles. The Balaban J connectivity index is 2.86. The van der Waals surface area contributed by atoms with Crippen LogP contribution in [0.3, 0.4) is 0 Å². The molecular weight excluding hydrogens is 300 g/mol. The number of carbonyl (C=O) groups is 3. The van der Waals surface area contributed by atoms with Gasteiger partial charge in [0, 0.05) is 0 Å². The van der Waals surface area contributed by atoms with Crippen LogP contribution in [0.1, 0.15) is 70.6 Å². The molecule has 0 saturated heterocycles. The largest absolute Gasteiger partial charge is 0.478 e. The van der Waals surface area contributed by atoms with Gasteiger partial charge in [0.25, 0.3) is 0 Å². The molecule has 0 heterocycles. The molecule has 1 aromatic rings. The number of carbonyl (C=O) groups excluding carboxylic acids is 1. The molecule has 126 valence electrons. The van der Waals surface area contributed by atoms with Gasteiger partial charge in [-0.1, -0.05) is 33.1 Å². The van der Waals surface area contributed by atoms with Crippen LogP contribution in [0, 0.1) is 5.92 Å². The highest BCUT2D eigenvalue weighted by molar-refractivity contribution is 6.04. The summed E-state index contributed by atoms with van der Waals surface area (Å²) in [5, 5.41) is 18.1. The molecule has 0 aliphatic carbocycles. The van der Waals surface area contributed by atoms with Crippen LogP contribution in [0.25, 0.3) is 0 Å². The van der Waals surface area contributed by atoms with Gasteiger partial charge in [0.1, 0.15) is 0 Å². The Hall–Kier alpha value is -2.37. The molecule has 1 unspecified atom stereocenters. The Labute approximate surface area is 135 Å². The quantitative estimate of drug-likeness (QED) is 0.675. The molecule has 0 fully saturated rings. The Kier molecular flexibility index (Phi) is 7.25. The number of carboxylic acids is 2. The Morgan fingerprint density at radius 1 is 1.09 bits per heavy atom. The van der Waals surface area contributed by atoms with Crippen LogP contribution in [0.5, 0.6) is 0 Å². The summed E-state index contributed by atoms with van der Waals surface area (Å²) in [7, 11) is 0. The second-order valence-corrected chi connectivity index (χ2v) is 5.39. The first-order valence-corrected chi connectivity index (χ1v) is 7.68. The van der Waals surface area contributed by atoms with E-state index in [2.05, 4.69) is 6.92 Å². The number of unbranched alkanes of at least 4 members (excludes halogenated alkanes) is 1. The lowest BCUT2D eigenvalue weighted by Crippen LogP contribution is -2.17. The van der Waals surface area contributed by atoms with Crippen molar-refractivity contribution in [2.75, 3.05) is 6.61 Å². The predicted molar refractivity (Wildman–Crippen MR) is 83.9 cm³/mol. The van der Waals surface area contributed by atoms with E-state index in [0.29, 0.717) is 0 Å². The lowest BCUT2D eigenvalue weighted by Gasteiger charge is -2.15. The van der Waals surface area contributed by atoms with Gasteiger partial charge in [-0.25, -0.2) is 14.4 Å². The van der Waals surface area contributed by atoms with Gasteiger partial charge in [-0.05, 0) is 30.5 Å². The second-order valence-electron chi connectivity index (χ2n) is 5.39. The lowest BCUT2D eigenvalue weighted by molar-refractivity contribution is 0.0420. The monoisotopic (exact) mass is 322 g/mol. The molecule has 2 N–H and O–H groups in total. The second kappa shape index (κ2) is 8.92. The maximum absolute atomic E-state index is 12.1. The molecular formula is C17H22O6. The third-order valence-electron chi connectivity index (χ3n) is 3.71. The van der Waals surface area contributed by atoms with Crippen molar-refractivity contribution in [3.05, 3.63) is 34.9 Å². The van der Waals surface area contributed by atoms with Crippen molar-refractivity contribution in [3.8, 4) is 0 Å². The average molecular weight is 322 g/mol. The molecule has 0 spiro atoms. The molecule has 6 nitrogen and oxygen atoms in total. The molecule has 6 heteroatoms. The van der Waals surface area contributed by atoms with E-state index >= 15 is 0 Å². The van der Waals surface area contributed by atoms with E-state index in [1.807, 2.05) is 6.92 Å². The zero-order valence-corrected chi connectivity index (χ0v) is 13.4. The minimum Gasteiger partial charge on any atom is -0.478 e. The molecule has 0 aliphatic heterocycles. The average Bonchev–Trinajstić information content (AvgIpc) is 2.54. The van der Waals surface area contributed by atoms with Crippen LogP contribution >= 0.6 is 0 Å². The van der Waals surface area contributed by atoms with Crippen molar-refractivity contribution in [1.29, 1.82) is 0 Å². The summed E-state index contributed by atoms with van der Waals surface area (Å²) in [5.74, 6) is -3.11. The highest BCUT2D eigenvalue weighted by atomic mass is 16.5. The third-order valence-corrected chi connectivity index (χ3v) is 3.71. The summed E-state index contributed by atoms with van der Waals surface area (Å²) in [5.41, 5.74) is -0.683. The number of ether oxygens (including phenoxy) is 1. The first-order valence-electron chi connectivity index (χ1n) is 7.68. The zero-order chi connectivity index (χ0) is 17.4. The third kappa shape index (κ3) is 5.39. The van der Waals surface area contributed by atoms with E-state index < -0.39 is 17.9 Å². The van der Waals surface area contributed by atoms with Gasteiger partial charge < -0.3 is 14.9 Å². The van der Waals surface area contributed by atoms with Crippen LogP contribution in [-0.4, -0.2) is 34.7 Å². The zero-order valence-electron chi connectivity index (χ0n) is 13.4. The topological polar surface area (TPSA) is 101 Å². The Bertz CT molecular complexity index is 578. The summed E-state index contributed by atoms with van der Waals surface area (Å²) < 4.78 is 5.22. The number of hydrogen-bond acceptors (Lipinski definition) is 4. The molecule has 1 atom stereocenters. The fourth-order valence-electron chi connectivity index (χ4n) is 2.20. The van der Waals surface area contributed by atoms with E-state index in [1.165, 1.54) is 12.1 Å². The SMILES string of the molecule is CCCCC(CC)COC(=O)c1ccc(C(=O)O)cc1C(=O)O. The summed E-state index contributed by atoms with van der Waals surface area (Å²) in [4.78, 5) is 34.3. The van der Waals surface area contributed by atoms with E-state index in [0.717, 1.165) is 31.7 Å². The number of hydrogen-bond donors (Lipinski definition) is 2. The molecule has 0 saturated carbocycles. The van der Waals surface area contributed by atoms with Crippen molar-refractivity contribution in [2.24, 2.45) is 5.92 Å². The van der Waals surface area contributed by atoms with Crippen LogP contribution in [0.4, 0.5) is 0 Å². The van der Waals surface area contributed by atoms with E-state index in [9.17, 15) is 14.4 Å². The van der Waals surface area contributed by atoms with Gasteiger partial charge in [-0.3, -0.25) is 0 Å². The summed E-state index contributed by atoms with van der Waals surface area (Å²) in [6.07, 6.45) is 3.93. The molecule has 0 aliphatic rings. The van der Waals surface area contributed by atoms with Crippen molar-refractivity contribution in [3.63, 3.8) is 0 Å². The molecule has 0 radical (unpaired) electrons. The van der Waals surface area contributed by atoms with Crippen LogP contribution in [0.15, 0.2) is 18.2 Å². The highest BCUT2D eigenvalue weighted by Crippen LogP contribution is 2.17. The molecule has 1 aromatic carbocycles. The highest BCUT2D eigenvalue weighted by Gasteiger charge is 2.21. The van der Waals surface area contributed by atoms with Gasteiger partial charge in [0.2, 0.25) is 0 Å². The fourth-order valence-corrected chi connectivity index (χ4v) is 2.20. The van der Waals surface area contributed by atoms with Crippen LogP contribution < -0.4 is 0 Å². The molecule has 0 bridgehead atoms. The minimum atomic E-state index is -1.36. The number of aromatic carboxylic acids is 2. The first-order chi connectivity index (χ1) is 10.9. The van der Waals surface area contributed by atoms with Crippen LogP contribution in [-0.2, 0) is 4.74 Å². The van der Waals surface area contributed by atoms with Gasteiger partial charge >= 0.3 is 17.9 Å². The number of carboxylic acid groups (broad SMARTS) is 2. The molecule has 23 heavy (non-hydrogen) atoms.